The first-order valence-corrected chi connectivity index (χ1v) is 6.00. The Labute approximate surface area is 123 Å². The Morgan fingerprint density at radius 2 is 1.65 bits per heavy atom. The minimum Gasteiger partial charge on any atom is -0.423 e. The van der Waals surface area contributed by atoms with E-state index < -0.39 is 7.12 Å². The number of benzene rings is 2. The number of thiol groups is 1. The summed E-state index contributed by atoms with van der Waals surface area (Å²) >= 11 is 3.14. The van der Waals surface area contributed by atoms with Crippen molar-refractivity contribution in [2.24, 2.45) is 5.16 Å². The molecule has 0 aliphatic carbocycles. The van der Waals surface area contributed by atoms with Gasteiger partial charge in [0, 0.05) is 19.6 Å². The molecule has 2 N–H and O–H groups in total. The molecule has 0 bridgehead atoms. The van der Waals surface area contributed by atoms with Crippen molar-refractivity contribution in [2.75, 3.05) is 0 Å². The van der Waals surface area contributed by atoms with Gasteiger partial charge in [-0.1, -0.05) is 64.1 Å². The Bertz CT molecular complexity index is 525. The summed E-state index contributed by atoms with van der Waals surface area (Å²) in [4.78, 5) is 3.71. The molecule has 5 nitrogen and oxygen atoms in total. The fourth-order valence-electron chi connectivity index (χ4n) is 1.53. The lowest BCUT2D eigenvalue weighted by atomic mass is 9.79. The van der Waals surface area contributed by atoms with Crippen molar-refractivity contribution < 1.29 is 19.4 Å². The van der Waals surface area contributed by atoms with Crippen LogP contribution < -0.4 is 5.46 Å². The van der Waals surface area contributed by atoms with E-state index in [0.29, 0.717) is 5.46 Å². The second kappa shape index (κ2) is 9.16. The molecule has 0 aromatic heterocycles. The molecule has 2 aromatic rings. The number of oxime groups is 1. The standard InChI is InChI=1S/C12H11BO2.CH3NO2S/c14-13(15)12-8-4-7-11(9-12)10-5-2-1-3-6-10;1-2-3-4-5/h1-9,14-15H;5H,1H2. The lowest BCUT2D eigenvalue weighted by molar-refractivity contribution is -0.186. The number of hydrogen-bond donors (Lipinski definition) is 3. The molecule has 0 heterocycles. The average molecular weight is 291 g/mol. The molecule has 0 aliphatic rings. The van der Waals surface area contributed by atoms with Gasteiger partial charge in [0.1, 0.15) is 0 Å². The minimum atomic E-state index is -1.41. The van der Waals surface area contributed by atoms with Crippen LogP contribution in [0, 0.1) is 0 Å². The molecule has 0 saturated carbocycles. The highest BCUT2D eigenvalue weighted by Crippen LogP contribution is 2.16. The number of rotatable bonds is 4. The Hall–Kier alpha value is -1.80. The second-order valence-corrected chi connectivity index (χ2v) is 3.79. The highest BCUT2D eigenvalue weighted by Gasteiger charge is 2.10. The molecule has 7 heteroatoms. The van der Waals surface area contributed by atoms with E-state index >= 15 is 0 Å². The molecule has 104 valence electrons. The molecule has 0 unspecified atom stereocenters. The maximum absolute atomic E-state index is 9.05. The van der Waals surface area contributed by atoms with Gasteiger partial charge in [-0.05, 0) is 16.6 Å². The monoisotopic (exact) mass is 291 g/mol. The van der Waals surface area contributed by atoms with Gasteiger partial charge in [-0.25, -0.2) is 4.99 Å². The van der Waals surface area contributed by atoms with Crippen LogP contribution in [0.15, 0.2) is 59.8 Å². The van der Waals surface area contributed by atoms with Gasteiger partial charge in [0.15, 0.2) is 0 Å². The van der Waals surface area contributed by atoms with Crippen LogP contribution in [0.3, 0.4) is 0 Å². The van der Waals surface area contributed by atoms with Crippen molar-refractivity contribution in [3.8, 4) is 11.1 Å². The van der Waals surface area contributed by atoms with Gasteiger partial charge in [-0.15, -0.1) is 0 Å². The zero-order valence-electron chi connectivity index (χ0n) is 10.6. The van der Waals surface area contributed by atoms with Crippen LogP contribution in [0.1, 0.15) is 0 Å². The predicted molar refractivity (Wildman–Crippen MR) is 82.4 cm³/mol. The van der Waals surface area contributed by atoms with Crippen molar-refractivity contribution in [3.63, 3.8) is 0 Å². The highest BCUT2D eigenvalue weighted by molar-refractivity contribution is 7.74. The highest BCUT2D eigenvalue weighted by atomic mass is 32.1. The number of hydrogen-bond acceptors (Lipinski definition) is 6. The summed E-state index contributed by atoms with van der Waals surface area (Å²) in [5.41, 5.74) is 2.57. The van der Waals surface area contributed by atoms with Crippen molar-refractivity contribution in [1.29, 1.82) is 0 Å². The van der Waals surface area contributed by atoms with Gasteiger partial charge in [-0.2, -0.15) is 0 Å². The first kappa shape index (κ1) is 16.3. The summed E-state index contributed by atoms with van der Waals surface area (Å²) in [6.07, 6.45) is 0. The zero-order valence-corrected chi connectivity index (χ0v) is 11.5. The SMILES string of the molecule is C=NOOS.OB(O)c1cccc(-c2ccccc2)c1. The molecule has 0 aliphatic heterocycles. The molecule has 0 saturated heterocycles. The summed E-state index contributed by atoms with van der Waals surface area (Å²) in [7, 11) is -1.41. The van der Waals surface area contributed by atoms with E-state index in [9.17, 15) is 0 Å². The van der Waals surface area contributed by atoms with E-state index in [4.69, 9.17) is 10.0 Å². The van der Waals surface area contributed by atoms with Gasteiger partial charge >= 0.3 is 7.12 Å². The Morgan fingerprint density at radius 1 is 1.00 bits per heavy atom. The summed E-state index contributed by atoms with van der Waals surface area (Å²) in [6.45, 7) is 2.90. The molecule has 0 radical (unpaired) electrons. The third kappa shape index (κ3) is 5.46. The van der Waals surface area contributed by atoms with Crippen LogP contribution in [-0.2, 0) is 9.32 Å². The molecular weight excluding hydrogens is 277 g/mol. The van der Waals surface area contributed by atoms with E-state index in [1.165, 1.54) is 0 Å². The van der Waals surface area contributed by atoms with Crippen molar-refractivity contribution >= 4 is 32.2 Å². The summed E-state index contributed by atoms with van der Waals surface area (Å²) in [5.74, 6) is 0. The lowest BCUT2D eigenvalue weighted by Gasteiger charge is -2.04. The molecule has 0 spiro atoms. The Kier molecular flexibility index (Phi) is 7.45. The molecule has 2 aromatic carbocycles. The van der Waals surface area contributed by atoms with E-state index in [0.717, 1.165) is 11.1 Å². The molecule has 0 fully saturated rings. The summed E-state index contributed by atoms with van der Waals surface area (Å²) in [6, 6.07) is 17.1. The normalized spacial score (nSPS) is 9.15. The molecule has 20 heavy (non-hydrogen) atoms. The molecule has 2 rings (SSSR count). The van der Waals surface area contributed by atoms with Crippen molar-refractivity contribution in [3.05, 3.63) is 54.6 Å². The van der Waals surface area contributed by atoms with E-state index in [-0.39, 0.29) is 0 Å². The first-order chi connectivity index (χ1) is 9.69. The quantitative estimate of drug-likeness (QED) is 0.199. The predicted octanol–water partition coefficient (Wildman–Crippen LogP) is 1.43. The lowest BCUT2D eigenvalue weighted by Crippen LogP contribution is -2.29. The van der Waals surface area contributed by atoms with Gasteiger partial charge in [0.05, 0.1) is 0 Å². The minimum absolute atomic E-state index is 0.511. The largest absolute Gasteiger partial charge is 0.488 e. The van der Waals surface area contributed by atoms with Crippen LogP contribution in [-0.4, -0.2) is 23.9 Å². The van der Waals surface area contributed by atoms with Crippen LogP contribution in [0.25, 0.3) is 11.1 Å². The summed E-state index contributed by atoms with van der Waals surface area (Å²) < 4.78 is 3.66. The fraction of sp³-hybridized carbons (Fsp3) is 0. The third-order valence-electron chi connectivity index (χ3n) is 2.38. The van der Waals surface area contributed by atoms with Crippen molar-refractivity contribution in [1.82, 2.24) is 0 Å². The van der Waals surface area contributed by atoms with E-state index in [2.05, 4.69) is 34.1 Å². The topological polar surface area (TPSA) is 71.3 Å². The number of nitrogens with zero attached hydrogens (tertiary/aromatic N) is 1. The first-order valence-electron chi connectivity index (χ1n) is 5.64. The van der Waals surface area contributed by atoms with Crippen LogP contribution in [0.2, 0.25) is 0 Å². The molecule has 0 atom stereocenters. The van der Waals surface area contributed by atoms with E-state index in [1.807, 2.05) is 42.5 Å². The van der Waals surface area contributed by atoms with Gasteiger partial charge < -0.3 is 10.0 Å². The molecular formula is C13H14BNO4S. The zero-order chi connectivity index (χ0) is 14.8. The maximum atomic E-state index is 9.05. The molecule has 0 amide bonds. The average Bonchev–Trinajstić information content (AvgIpc) is 2.50. The smallest absolute Gasteiger partial charge is 0.423 e. The van der Waals surface area contributed by atoms with Crippen LogP contribution in [0.5, 0.6) is 0 Å². The third-order valence-corrected chi connectivity index (χ3v) is 2.44. The fourth-order valence-corrected chi connectivity index (χ4v) is 1.58. The summed E-state index contributed by atoms with van der Waals surface area (Å²) in [5, 5.41) is 20.9. The van der Waals surface area contributed by atoms with Gasteiger partial charge in [-0.3, -0.25) is 0 Å². The Balaban J connectivity index is 0.000000347. The van der Waals surface area contributed by atoms with E-state index in [1.54, 1.807) is 12.1 Å². The Morgan fingerprint density at radius 3 is 2.15 bits per heavy atom. The second-order valence-electron chi connectivity index (χ2n) is 3.64. The van der Waals surface area contributed by atoms with Crippen molar-refractivity contribution in [2.45, 2.75) is 0 Å². The maximum Gasteiger partial charge on any atom is 0.488 e. The van der Waals surface area contributed by atoms with Gasteiger partial charge in [0.2, 0.25) is 0 Å². The van der Waals surface area contributed by atoms with Crippen LogP contribution >= 0.6 is 12.9 Å². The van der Waals surface area contributed by atoms with Crippen LogP contribution in [0.4, 0.5) is 0 Å². The van der Waals surface area contributed by atoms with Gasteiger partial charge in [0.25, 0.3) is 0 Å².